The first-order valence-corrected chi connectivity index (χ1v) is 8.80. The molecule has 8 heteroatoms. The summed E-state index contributed by atoms with van der Waals surface area (Å²) in [6.07, 6.45) is 0.444. The minimum absolute atomic E-state index is 0.191. The lowest BCUT2D eigenvalue weighted by molar-refractivity contribution is -0.146. The van der Waals surface area contributed by atoms with Crippen molar-refractivity contribution < 1.29 is 14.7 Å². The van der Waals surface area contributed by atoms with Gasteiger partial charge in [0.1, 0.15) is 5.01 Å². The van der Waals surface area contributed by atoms with Crippen LogP contribution in [0.15, 0.2) is 18.2 Å². The third-order valence-electron chi connectivity index (χ3n) is 4.38. The van der Waals surface area contributed by atoms with Crippen LogP contribution in [-0.2, 0) is 4.79 Å². The van der Waals surface area contributed by atoms with Gasteiger partial charge in [-0.2, -0.15) is 0 Å². The number of carboxylic acids is 1. The van der Waals surface area contributed by atoms with E-state index in [-0.39, 0.29) is 12.6 Å². The van der Waals surface area contributed by atoms with Gasteiger partial charge >= 0.3 is 12.0 Å². The Kier molecular flexibility index (Phi) is 4.47. The highest BCUT2D eigenvalue weighted by Crippen LogP contribution is 2.31. The molecule has 1 unspecified atom stereocenters. The van der Waals surface area contributed by atoms with Gasteiger partial charge < -0.3 is 10.0 Å². The van der Waals surface area contributed by atoms with E-state index in [0.717, 1.165) is 21.7 Å². The fraction of sp³-hybridized carbons (Fsp3) is 0.412. The number of hydrogen-bond acceptors (Lipinski definition) is 5. The Morgan fingerprint density at radius 1 is 1.24 bits per heavy atom. The first kappa shape index (κ1) is 17.3. The molecule has 0 aliphatic carbocycles. The summed E-state index contributed by atoms with van der Waals surface area (Å²) in [5.41, 5.74) is 2.36. The summed E-state index contributed by atoms with van der Waals surface area (Å²) >= 11 is 1.30. The number of hydrogen-bond donors (Lipinski definition) is 2. The number of aliphatic carboxylic acids is 1. The maximum absolute atomic E-state index is 12.3. The molecule has 0 radical (unpaired) electrons. The number of benzene rings is 1. The van der Waals surface area contributed by atoms with Gasteiger partial charge in [0, 0.05) is 18.7 Å². The van der Waals surface area contributed by atoms with Crippen molar-refractivity contribution in [2.45, 2.75) is 27.2 Å². The van der Waals surface area contributed by atoms with Crippen LogP contribution in [0.25, 0.3) is 10.6 Å². The van der Waals surface area contributed by atoms with Crippen LogP contribution < -0.4 is 5.32 Å². The van der Waals surface area contributed by atoms with E-state index >= 15 is 0 Å². The Morgan fingerprint density at radius 3 is 2.52 bits per heavy atom. The zero-order chi connectivity index (χ0) is 18.2. The second kappa shape index (κ2) is 6.44. The number of likely N-dealkylation sites (tertiary alicyclic amines) is 1. The summed E-state index contributed by atoms with van der Waals surface area (Å²) in [4.78, 5) is 25.1. The molecule has 1 aromatic carbocycles. The molecule has 3 rings (SSSR count). The van der Waals surface area contributed by atoms with Crippen LogP contribution in [0, 0.1) is 19.3 Å². The van der Waals surface area contributed by atoms with Crippen molar-refractivity contribution in [2.24, 2.45) is 5.41 Å². The van der Waals surface area contributed by atoms with Gasteiger partial charge in [-0.1, -0.05) is 28.5 Å². The summed E-state index contributed by atoms with van der Waals surface area (Å²) in [7, 11) is 0. The first-order chi connectivity index (χ1) is 11.8. The van der Waals surface area contributed by atoms with E-state index in [1.807, 2.05) is 26.0 Å². The molecule has 1 aliphatic rings. The Morgan fingerprint density at radius 2 is 1.92 bits per heavy atom. The third-order valence-corrected chi connectivity index (χ3v) is 5.27. The lowest BCUT2D eigenvalue weighted by atomic mass is 9.90. The largest absolute Gasteiger partial charge is 0.481 e. The van der Waals surface area contributed by atoms with Gasteiger partial charge in [-0.15, -0.1) is 10.2 Å². The van der Waals surface area contributed by atoms with Gasteiger partial charge in [-0.05, 0) is 39.3 Å². The Balaban J connectivity index is 1.69. The van der Waals surface area contributed by atoms with Crippen LogP contribution in [0.4, 0.5) is 9.93 Å². The van der Waals surface area contributed by atoms with E-state index in [4.69, 9.17) is 0 Å². The summed E-state index contributed by atoms with van der Waals surface area (Å²) < 4.78 is 0. The van der Waals surface area contributed by atoms with Crippen LogP contribution >= 0.6 is 11.3 Å². The number of nitrogens with zero attached hydrogens (tertiary/aromatic N) is 3. The van der Waals surface area contributed by atoms with Crippen LogP contribution in [-0.4, -0.2) is 45.3 Å². The van der Waals surface area contributed by atoms with E-state index in [0.29, 0.717) is 18.1 Å². The molecular weight excluding hydrogens is 340 g/mol. The molecule has 0 saturated carbocycles. The van der Waals surface area contributed by atoms with Crippen LogP contribution in [0.1, 0.15) is 24.5 Å². The second-order valence-corrected chi connectivity index (χ2v) is 7.73. The summed E-state index contributed by atoms with van der Waals surface area (Å²) in [5.74, 6) is -0.879. The SMILES string of the molecule is Cc1cc(C)cc(-c2nnc(NC(=O)N3CCC(C)(C(=O)O)C3)s2)c1. The molecule has 0 bridgehead atoms. The fourth-order valence-corrected chi connectivity index (χ4v) is 3.69. The highest BCUT2D eigenvalue weighted by molar-refractivity contribution is 7.18. The smallest absolute Gasteiger partial charge is 0.323 e. The van der Waals surface area contributed by atoms with Crippen molar-refractivity contribution >= 4 is 28.5 Å². The molecule has 1 aliphatic heterocycles. The third kappa shape index (κ3) is 3.63. The number of carboxylic acid groups (broad SMARTS) is 1. The Labute approximate surface area is 149 Å². The number of carbonyl (C=O) groups is 2. The predicted molar refractivity (Wildman–Crippen MR) is 95.8 cm³/mol. The molecule has 132 valence electrons. The van der Waals surface area contributed by atoms with E-state index in [2.05, 4.69) is 21.6 Å². The summed E-state index contributed by atoms with van der Waals surface area (Å²) in [6, 6.07) is 5.80. The minimum Gasteiger partial charge on any atom is -0.481 e. The number of amides is 2. The quantitative estimate of drug-likeness (QED) is 0.877. The Hall–Kier alpha value is -2.48. The average Bonchev–Trinajstić information content (AvgIpc) is 3.14. The normalized spacial score (nSPS) is 19.9. The maximum atomic E-state index is 12.3. The molecule has 2 amide bonds. The maximum Gasteiger partial charge on any atom is 0.323 e. The second-order valence-electron chi connectivity index (χ2n) is 6.76. The number of rotatable bonds is 3. The molecule has 2 N–H and O–H groups in total. The van der Waals surface area contributed by atoms with Gasteiger partial charge in [-0.3, -0.25) is 10.1 Å². The van der Waals surface area contributed by atoms with Gasteiger partial charge in [0.15, 0.2) is 0 Å². The highest BCUT2D eigenvalue weighted by atomic mass is 32.1. The number of nitrogens with one attached hydrogen (secondary N) is 1. The molecular formula is C17H20N4O3S. The Bertz CT molecular complexity index is 815. The van der Waals surface area contributed by atoms with Crippen LogP contribution in [0.2, 0.25) is 0 Å². The predicted octanol–water partition coefficient (Wildman–Crippen LogP) is 3.15. The lowest BCUT2D eigenvalue weighted by Gasteiger charge is -2.19. The van der Waals surface area contributed by atoms with Gasteiger partial charge in [0.25, 0.3) is 0 Å². The fourth-order valence-electron chi connectivity index (χ4n) is 2.97. The van der Waals surface area contributed by atoms with Crippen molar-refractivity contribution in [1.82, 2.24) is 15.1 Å². The van der Waals surface area contributed by atoms with E-state index < -0.39 is 11.4 Å². The number of aryl methyl sites for hydroxylation is 2. The highest BCUT2D eigenvalue weighted by Gasteiger charge is 2.42. The van der Waals surface area contributed by atoms with Crippen LogP contribution in [0.5, 0.6) is 0 Å². The van der Waals surface area contributed by atoms with E-state index in [1.54, 1.807) is 6.92 Å². The molecule has 2 aromatic rings. The number of anilines is 1. The van der Waals surface area contributed by atoms with Gasteiger partial charge in [0.05, 0.1) is 5.41 Å². The minimum atomic E-state index is -0.886. The van der Waals surface area contributed by atoms with Crippen molar-refractivity contribution in [2.75, 3.05) is 18.4 Å². The van der Waals surface area contributed by atoms with Crippen molar-refractivity contribution in [3.05, 3.63) is 29.3 Å². The van der Waals surface area contributed by atoms with E-state index in [9.17, 15) is 14.7 Å². The molecule has 2 heterocycles. The van der Waals surface area contributed by atoms with Crippen molar-refractivity contribution in [1.29, 1.82) is 0 Å². The average molecular weight is 360 g/mol. The lowest BCUT2D eigenvalue weighted by Crippen LogP contribution is -2.37. The van der Waals surface area contributed by atoms with Gasteiger partial charge in [0.2, 0.25) is 5.13 Å². The summed E-state index contributed by atoms with van der Waals surface area (Å²) in [5, 5.41) is 21.3. The molecule has 1 fully saturated rings. The molecule has 25 heavy (non-hydrogen) atoms. The van der Waals surface area contributed by atoms with Gasteiger partial charge in [-0.25, -0.2) is 4.79 Å². The number of aromatic nitrogens is 2. The summed E-state index contributed by atoms with van der Waals surface area (Å²) in [6.45, 7) is 6.31. The number of urea groups is 1. The monoisotopic (exact) mass is 360 g/mol. The molecule has 7 nitrogen and oxygen atoms in total. The van der Waals surface area contributed by atoms with Crippen LogP contribution in [0.3, 0.4) is 0 Å². The number of carbonyl (C=O) groups excluding carboxylic acids is 1. The van der Waals surface area contributed by atoms with Crippen molar-refractivity contribution in [3.63, 3.8) is 0 Å². The van der Waals surface area contributed by atoms with Crippen molar-refractivity contribution in [3.8, 4) is 10.6 Å². The van der Waals surface area contributed by atoms with E-state index in [1.165, 1.54) is 16.2 Å². The zero-order valence-electron chi connectivity index (χ0n) is 14.4. The molecule has 1 atom stereocenters. The standard InChI is InChI=1S/C17H20N4O3S/c1-10-6-11(2)8-12(7-10)13-19-20-15(25-13)18-16(24)21-5-4-17(3,9-21)14(22)23/h6-8H,4-5,9H2,1-3H3,(H,22,23)(H,18,20,24). The topological polar surface area (TPSA) is 95.4 Å². The molecule has 1 aromatic heterocycles. The molecule has 0 spiro atoms. The molecule has 1 saturated heterocycles. The zero-order valence-corrected chi connectivity index (χ0v) is 15.2. The first-order valence-electron chi connectivity index (χ1n) is 7.98.